The van der Waals surface area contributed by atoms with Gasteiger partial charge < -0.3 is 14.4 Å². The highest BCUT2D eigenvalue weighted by Gasteiger charge is 2.38. The standard InChI is InChI=1S/C19H27NO3/c21-18-8-10-19(9-4-15-23-19)11-13-20(18)12-5-14-22-16-17-6-2-1-3-7-17/h1-3,6-7H,4-5,8-16H2/t19-/m1/s1. The molecule has 3 rings (SSSR count). The van der Waals surface area contributed by atoms with Gasteiger partial charge in [-0.2, -0.15) is 0 Å². The van der Waals surface area contributed by atoms with E-state index in [-0.39, 0.29) is 11.5 Å². The number of carbonyl (C=O) groups is 1. The lowest BCUT2D eigenvalue weighted by Crippen LogP contribution is -2.33. The van der Waals surface area contributed by atoms with E-state index in [1.807, 2.05) is 23.1 Å². The predicted molar refractivity (Wildman–Crippen MR) is 89.1 cm³/mol. The minimum Gasteiger partial charge on any atom is -0.377 e. The van der Waals surface area contributed by atoms with Gasteiger partial charge in [0.15, 0.2) is 0 Å². The number of hydrogen-bond acceptors (Lipinski definition) is 3. The zero-order valence-electron chi connectivity index (χ0n) is 13.8. The lowest BCUT2D eigenvalue weighted by atomic mass is 9.92. The number of carbonyl (C=O) groups excluding carboxylic acids is 1. The summed E-state index contributed by atoms with van der Waals surface area (Å²) in [6, 6.07) is 10.2. The van der Waals surface area contributed by atoms with Crippen LogP contribution in [0, 0.1) is 0 Å². The number of hydrogen-bond donors (Lipinski definition) is 0. The molecule has 0 aromatic heterocycles. The van der Waals surface area contributed by atoms with Crippen molar-refractivity contribution >= 4 is 5.91 Å². The van der Waals surface area contributed by atoms with Gasteiger partial charge in [0.25, 0.3) is 0 Å². The largest absolute Gasteiger partial charge is 0.377 e. The zero-order chi connectivity index (χ0) is 16.0. The first-order valence-corrected chi connectivity index (χ1v) is 8.81. The third-order valence-corrected chi connectivity index (χ3v) is 5.00. The highest BCUT2D eigenvalue weighted by molar-refractivity contribution is 5.76. The van der Waals surface area contributed by atoms with Crippen molar-refractivity contribution in [2.45, 2.75) is 50.7 Å². The lowest BCUT2D eigenvalue weighted by molar-refractivity contribution is -0.131. The van der Waals surface area contributed by atoms with Crippen molar-refractivity contribution < 1.29 is 14.3 Å². The number of likely N-dealkylation sites (tertiary alicyclic amines) is 1. The van der Waals surface area contributed by atoms with E-state index in [1.54, 1.807) is 0 Å². The van der Waals surface area contributed by atoms with E-state index >= 15 is 0 Å². The first-order chi connectivity index (χ1) is 11.3. The van der Waals surface area contributed by atoms with Gasteiger partial charge >= 0.3 is 0 Å². The van der Waals surface area contributed by atoms with E-state index in [2.05, 4.69) is 12.1 Å². The van der Waals surface area contributed by atoms with Gasteiger partial charge in [-0.3, -0.25) is 4.79 Å². The van der Waals surface area contributed by atoms with Crippen LogP contribution < -0.4 is 0 Å². The van der Waals surface area contributed by atoms with Crippen LogP contribution in [0.3, 0.4) is 0 Å². The Morgan fingerprint density at radius 2 is 2.04 bits per heavy atom. The van der Waals surface area contributed by atoms with E-state index in [0.717, 1.165) is 51.8 Å². The van der Waals surface area contributed by atoms with E-state index in [1.165, 1.54) is 5.56 Å². The molecule has 2 aliphatic heterocycles. The van der Waals surface area contributed by atoms with Gasteiger partial charge in [0.05, 0.1) is 12.2 Å². The summed E-state index contributed by atoms with van der Waals surface area (Å²) in [7, 11) is 0. The third kappa shape index (κ3) is 4.55. The van der Waals surface area contributed by atoms with Gasteiger partial charge in [0, 0.05) is 32.7 Å². The summed E-state index contributed by atoms with van der Waals surface area (Å²) in [5, 5.41) is 0. The van der Waals surface area contributed by atoms with Crippen LogP contribution in [0.2, 0.25) is 0 Å². The molecule has 4 heteroatoms. The third-order valence-electron chi connectivity index (χ3n) is 5.00. The van der Waals surface area contributed by atoms with E-state index in [9.17, 15) is 4.79 Å². The monoisotopic (exact) mass is 317 g/mol. The molecule has 4 nitrogen and oxygen atoms in total. The van der Waals surface area contributed by atoms with Crippen LogP contribution in [0.1, 0.15) is 44.1 Å². The average Bonchev–Trinajstić information content (AvgIpc) is 2.99. The Kier molecular flexibility index (Phi) is 5.68. The summed E-state index contributed by atoms with van der Waals surface area (Å²) in [4.78, 5) is 14.3. The molecule has 0 bridgehead atoms. The Labute approximate surface area is 138 Å². The van der Waals surface area contributed by atoms with Crippen LogP contribution >= 0.6 is 0 Å². The molecule has 1 aromatic rings. The van der Waals surface area contributed by atoms with E-state index in [0.29, 0.717) is 19.6 Å². The molecular weight excluding hydrogens is 290 g/mol. The molecule has 0 aliphatic carbocycles. The first-order valence-electron chi connectivity index (χ1n) is 8.81. The Balaban J connectivity index is 1.37. The first kappa shape index (κ1) is 16.5. The quantitative estimate of drug-likeness (QED) is 0.757. The Bertz CT molecular complexity index is 497. The van der Waals surface area contributed by atoms with Gasteiger partial charge in [-0.1, -0.05) is 30.3 Å². The highest BCUT2D eigenvalue weighted by Crippen LogP contribution is 2.35. The molecule has 1 amide bonds. The van der Waals surface area contributed by atoms with Crippen molar-refractivity contribution in [2.75, 3.05) is 26.3 Å². The fourth-order valence-electron chi connectivity index (χ4n) is 3.59. The Morgan fingerprint density at radius 3 is 2.83 bits per heavy atom. The molecular formula is C19H27NO3. The lowest BCUT2D eigenvalue weighted by Gasteiger charge is -2.26. The molecule has 2 heterocycles. The van der Waals surface area contributed by atoms with Crippen LogP contribution in [0.15, 0.2) is 30.3 Å². The molecule has 23 heavy (non-hydrogen) atoms. The predicted octanol–water partition coefficient (Wildman–Crippen LogP) is 3.16. The normalized spacial score (nSPS) is 25.0. The molecule has 0 unspecified atom stereocenters. The fourth-order valence-corrected chi connectivity index (χ4v) is 3.59. The van der Waals surface area contributed by atoms with Crippen molar-refractivity contribution in [2.24, 2.45) is 0 Å². The van der Waals surface area contributed by atoms with Crippen molar-refractivity contribution in [3.63, 3.8) is 0 Å². The minimum atomic E-state index is -0.00573. The summed E-state index contributed by atoms with van der Waals surface area (Å²) < 4.78 is 11.7. The van der Waals surface area contributed by atoms with Crippen LogP contribution in [0.4, 0.5) is 0 Å². The summed E-state index contributed by atoms with van der Waals surface area (Å²) >= 11 is 0. The number of nitrogens with zero attached hydrogens (tertiary/aromatic N) is 1. The van der Waals surface area contributed by atoms with Gasteiger partial charge in [-0.15, -0.1) is 0 Å². The molecule has 0 saturated carbocycles. The number of amides is 1. The Hall–Kier alpha value is -1.39. The smallest absolute Gasteiger partial charge is 0.222 e. The van der Waals surface area contributed by atoms with Crippen LogP contribution in [-0.4, -0.2) is 42.7 Å². The minimum absolute atomic E-state index is 0.00573. The Morgan fingerprint density at radius 1 is 1.17 bits per heavy atom. The number of rotatable bonds is 6. The van der Waals surface area contributed by atoms with Crippen molar-refractivity contribution in [1.29, 1.82) is 0 Å². The van der Waals surface area contributed by atoms with Crippen LogP contribution in [0.5, 0.6) is 0 Å². The molecule has 1 spiro atoms. The molecule has 0 radical (unpaired) electrons. The fraction of sp³-hybridized carbons (Fsp3) is 0.632. The van der Waals surface area contributed by atoms with Gasteiger partial charge in [0.1, 0.15) is 0 Å². The van der Waals surface area contributed by atoms with Crippen LogP contribution in [-0.2, 0) is 20.9 Å². The van der Waals surface area contributed by atoms with Crippen molar-refractivity contribution in [1.82, 2.24) is 4.90 Å². The second-order valence-electron chi connectivity index (χ2n) is 6.66. The zero-order valence-corrected chi connectivity index (χ0v) is 13.8. The highest BCUT2D eigenvalue weighted by atomic mass is 16.5. The second kappa shape index (κ2) is 7.93. The van der Waals surface area contributed by atoms with Gasteiger partial charge in [-0.25, -0.2) is 0 Å². The molecule has 2 saturated heterocycles. The molecule has 2 aliphatic rings. The van der Waals surface area contributed by atoms with E-state index in [4.69, 9.17) is 9.47 Å². The maximum absolute atomic E-state index is 12.3. The van der Waals surface area contributed by atoms with Gasteiger partial charge in [-0.05, 0) is 37.7 Å². The summed E-state index contributed by atoms with van der Waals surface area (Å²) in [5.41, 5.74) is 1.19. The molecule has 1 atom stereocenters. The molecule has 0 N–H and O–H groups in total. The van der Waals surface area contributed by atoms with Crippen LogP contribution in [0.25, 0.3) is 0 Å². The number of benzene rings is 1. The summed E-state index contributed by atoms with van der Waals surface area (Å²) in [6.07, 6.45) is 5.67. The van der Waals surface area contributed by atoms with Gasteiger partial charge in [0.2, 0.25) is 5.91 Å². The molecule has 1 aromatic carbocycles. The van der Waals surface area contributed by atoms with Crippen molar-refractivity contribution in [3.8, 4) is 0 Å². The second-order valence-corrected chi connectivity index (χ2v) is 6.66. The van der Waals surface area contributed by atoms with Crippen molar-refractivity contribution in [3.05, 3.63) is 35.9 Å². The maximum Gasteiger partial charge on any atom is 0.222 e. The van der Waals surface area contributed by atoms with E-state index < -0.39 is 0 Å². The summed E-state index contributed by atoms with van der Waals surface area (Å²) in [5.74, 6) is 0.278. The summed E-state index contributed by atoms with van der Waals surface area (Å²) in [6.45, 7) is 3.83. The topological polar surface area (TPSA) is 38.8 Å². The molecule has 2 fully saturated rings. The SMILES string of the molecule is O=C1CC[C@]2(CCCO2)CCN1CCCOCc1ccccc1. The maximum atomic E-state index is 12.3. The molecule has 126 valence electrons. The average molecular weight is 317 g/mol. The number of ether oxygens (including phenoxy) is 2.